The van der Waals surface area contributed by atoms with Gasteiger partial charge in [0.1, 0.15) is 5.60 Å². The lowest BCUT2D eigenvalue weighted by molar-refractivity contribution is -0.136. The van der Waals surface area contributed by atoms with Crippen LogP contribution in [0.15, 0.2) is 18.2 Å². The number of carbonyl (C=O) groups excluding carboxylic acids is 1. The average molecular weight is 265 g/mol. The van der Waals surface area contributed by atoms with Crippen LogP contribution >= 0.6 is 0 Å². The van der Waals surface area contributed by atoms with Crippen LogP contribution in [0.25, 0.3) is 0 Å². The summed E-state index contributed by atoms with van der Waals surface area (Å²) >= 11 is 0. The third-order valence-corrected chi connectivity index (χ3v) is 2.82. The minimum absolute atomic E-state index is 0.347. The monoisotopic (exact) mass is 265 g/mol. The number of ether oxygens (including phenoxy) is 2. The summed E-state index contributed by atoms with van der Waals surface area (Å²) in [5, 5.41) is 12.2. The quantitative estimate of drug-likeness (QED) is 0.862. The van der Waals surface area contributed by atoms with Gasteiger partial charge in [0.15, 0.2) is 11.5 Å². The molecule has 0 bridgehead atoms. The molecule has 19 heavy (non-hydrogen) atoms. The molecule has 2 rings (SSSR count). The van der Waals surface area contributed by atoms with Crippen molar-refractivity contribution in [3.8, 4) is 11.5 Å². The van der Waals surface area contributed by atoms with Gasteiger partial charge in [-0.05, 0) is 31.5 Å². The number of hydrogen-bond donors (Lipinski definition) is 2. The lowest BCUT2D eigenvalue weighted by atomic mass is 10.1. The molecular weight excluding hydrogens is 246 g/mol. The molecule has 1 aromatic rings. The molecule has 1 aromatic carbocycles. The van der Waals surface area contributed by atoms with Crippen LogP contribution < -0.4 is 14.8 Å². The zero-order valence-electron chi connectivity index (χ0n) is 11.2. The second-order valence-electron chi connectivity index (χ2n) is 5.07. The summed E-state index contributed by atoms with van der Waals surface area (Å²) in [6.45, 7) is 4.54. The Bertz CT molecular complexity index is 465. The first-order valence-corrected chi connectivity index (χ1v) is 6.36. The average Bonchev–Trinajstić information content (AvgIpc) is 2.59. The second kappa shape index (κ2) is 5.48. The van der Waals surface area contributed by atoms with Crippen molar-refractivity contribution >= 4 is 5.91 Å². The summed E-state index contributed by atoms with van der Waals surface area (Å²) in [4.78, 5) is 11.6. The van der Waals surface area contributed by atoms with Crippen LogP contribution in [0.2, 0.25) is 0 Å². The van der Waals surface area contributed by atoms with Crippen molar-refractivity contribution in [2.45, 2.75) is 32.4 Å². The summed E-state index contributed by atoms with van der Waals surface area (Å²) in [6.07, 6.45) is 0.861. The van der Waals surface area contributed by atoms with Crippen molar-refractivity contribution in [2.24, 2.45) is 0 Å². The summed E-state index contributed by atoms with van der Waals surface area (Å²) in [5.41, 5.74) is -0.465. The van der Waals surface area contributed by atoms with Crippen molar-refractivity contribution in [1.82, 2.24) is 5.32 Å². The Labute approximate surface area is 112 Å². The van der Waals surface area contributed by atoms with Gasteiger partial charge in [-0.25, -0.2) is 0 Å². The molecule has 104 valence electrons. The number of rotatable bonds is 3. The maximum Gasteiger partial charge on any atom is 0.251 e. The molecule has 1 heterocycles. The van der Waals surface area contributed by atoms with Crippen molar-refractivity contribution < 1.29 is 19.4 Å². The van der Waals surface area contributed by atoms with E-state index in [0.717, 1.165) is 17.7 Å². The third-order valence-electron chi connectivity index (χ3n) is 2.82. The van der Waals surface area contributed by atoms with Crippen LogP contribution in [0.1, 0.15) is 25.8 Å². The van der Waals surface area contributed by atoms with Crippen molar-refractivity contribution in [2.75, 3.05) is 13.2 Å². The van der Waals surface area contributed by atoms with E-state index >= 15 is 0 Å². The molecule has 0 radical (unpaired) electrons. The highest BCUT2D eigenvalue weighted by atomic mass is 16.5. The van der Waals surface area contributed by atoms with Gasteiger partial charge >= 0.3 is 0 Å². The zero-order chi connectivity index (χ0) is 13.9. The number of hydrogen-bond acceptors (Lipinski definition) is 4. The fourth-order valence-electron chi connectivity index (χ4n) is 1.72. The van der Waals surface area contributed by atoms with E-state index in [0.29, 0.717) is 25.5 Å². The van der Waals surface area contributed by atoms with Crippen LogP contribution in [-0.4, -0.2) is 29.8 Å². The van der Waals surface area contributed by atoms with E-state index in [1.54, 1.807) is 0 Å². The summed E-state index contributed by atoms with van der Waals surface area (Å²) in [7, 11) is 0. The van der Waals surface area contributed by atoms with Gasteiger partial charge in [0, 0.05) is 13.0 Å². The third kappa shape index (κ3) is 3.61. The predicted octanol–water partition coefficient (Wildman–Crippen LogP) is 1.23. The lowest BCUT2D eigenvalue weighted by Gasteiger charge is -2.17. The fraction of sp³-hybridized carbons (Fsp3) is 0.500. The molecule has 5 nitrogen and oxygen atoms in total. The standard InChI is InChI=1S/C14H19NO4/c1-14(2,17)13(16)15-9-10-4-5-11-12(8-10)19-7-3-6-18-11/h4-5,8,17H,3,6-7,9H2,1-2H3,(H,15,16). The van der Waals surface area contributed by atoms with Gasteiger partial charge < -0.3 is 19.9 Å². The van der Waals surface area contributed by atoms with Gasteiger partial charge in [0.25, 0.3) is 5.91 Å². The molecule has 0 atom stereocenters. The molecule has 0 spiro atoms. The zero-order valence-corrected chi connectivity index (χ0v) is 11.2. The van der Waals surface area contributed by atoms with Crippen molar-refractivity contribution in [3.05, 3.63) is 23.8 Å². The van der Waals surface area contributed by atoms with Crippen LogP contribution in [-0.2, 0) is 11.3 Å². The smallest absolute Gasteiger partial charge is 0.251 e. The molecule has 2 N–H and O–H groups in total. The highest BCUT2D eigenvalue weighted by Crippen LogP contribution is 2.30. The number of nitrogens with one attached hydrogen (secondary N) is 1. The number of amides is 1. The van der Waals surface area contributed by atoms with Gasteiger partial charge in [-0.15, -0.1) is 0 Å². The first-order valence-electron chi connectivity index (χ1n) is 6.36. The molecule has 1 aliphatic rings. The molecule has 0 saturated heterocycles. The Hall–Kier alpha value is -1.75. The van der Waals surface area contributed by atoms with Crippen LogP contribution in [0.5, 0.6) is 11.5 Å². The first-order chi connectivity index (χ1) is 8.97. The van der Waals surface area contributed by atoms with Gasteiger partial charge in [0.2, 0.25) is 0 Å². The van der Waals surface area contributed by atoms with E-state index in [9.17, 15) is 9.90 Å². The number of aliphatic hydroxyl groups is 1. The van der Waals surface area contributed by atoms with Gasteiger partial charge in [-0.1, -0.05) is 6.07 Å². The maximum absolute atomic E-state index is 11.6. The first kappa shape index (κ1) is 13.7. The fourth-order valence-corrected chi connectivity index (χ4v) is 1.72. The number of benzene rings is 1. The lowest BCUT2D eigenvalue weighted by Crippen LogP contribution is -2.41. The molecule has 0 aromatic heterocycles. The Morgan fingerprint density at radius 1 is 1.32 bits per heavy atom. The Balaban J connectivity index is 2.02. The van der Waals surface area contributed by atoms with Gasteiger partial charge in [-0.3, -0.25) is 4.79 Å². The van der Waals surface area contributed by atoms with Crippen LogP contribution in [0.4, 0.5) is 0 Å². The summed E-state index contributed by atoms with van der Waals surface area (Å²) in [5.74, 6) is 1.03. The predicted molar refractivity (Wildman–Crippen MR) is 70.2 cm³/mol. The molecule has 1 amide bonds. The van der Waals surface area contributed by atoms with Gasteiger partial charge in [-0.2, -0.15) is 0 Å². The number of carbonyl (C=O) groups is 1. The minimum Gasteiger partial charge on any atom is -0.490 e. The van der Waals surface area contributed by atoms with Crippen molar-refractivity contribution in [1.29, 1.82) is 0 Å². The van der Waals surface area contributed by atoms with E-state index < -0.39 is 11.5 Å². The van der Waals surface area contributed by atoms with Crippen LogP contribution in [0, 0.1) is 0 Å². The molecule has 0 fully saturated rings. The van der Waals surface area contributed by atoms with Crippen molar-refractivity contribution in [3.63, 3.8) is 0 Å². The second-order valence-corrected chi connectivity index (χ2v) is 5.07. The van der Waals surface area contributed by atoms with Gasteiger partial charge in [0.05, 0.1) is 13.2 Å². The van der Waals surface area contributed by atoms with E-state index in [-0.39, 0.29) is 0 Å². The van der Waals surface area contributed by atoms with Crippen LogP contribution in [0.3, 0.4) is 0 Å². The topological polar surface area (TPSA) is 67.8 Å². The minimum atomic E-state index is -1.37. The van der Waals surface area contributed by atoms with E-state index in [1.165, 1.54) is 13.8 Å². The molecular formula is C14H19NO4. The maximum atomic E-state index is 11.6. The molecule has 0 saturated carbocycles. The molecule has 0 aliphatic carbocycles. The summed E-state index contributed by atoms with van der Waals surface area (Å²) in [6, 6.07) is 5.57. The van der Waals surface area contributed by atoms with E-state index in [4.69, 9.17) is 9.47 Å². The van der Waals surface area contributed by atoms with E-state index in [2.05, 4.69) is 5.32 Å². The highest BCUT2D eigenvalue weighted by molar-refractivity contribution is 5.83. The Kier molecular flexibility index (Phi) is 3.95. The number of fused-ring (bicyclic) bond motifs is 1. The Morgan fingerprint density at radius 2 is 2.00 bits per heavy atom. The molecule has 5 heteroatoms. The Morgan fingerprint density at radius 3 is 2.68 bits per heavy atom. The highest BCUT2D eigenvalue weighted by Gasteiger charge is 2.23. The molecule has 1 aliphatic heterocycles. The SMILES string of the molecule is CC(C)(O)C(=O)NCc1ccc2c(c1)OCCCO2. The summed E-state index contributed by atoms with van der Waals surface area (Å²) < 4.78 is 11.1. The largest absolute Gasteiger partial charge is 0.490 e. The normalized spacial score (nSPS) is 14.7. The van der Waals surface area contributed by atoms with E-state index in [1.807, 2.05) is 18.2 Å². The molecule has 0 unspecified atom stereocenters.